The monoisotopic (exact) mass is 282 g/mol. The zero-order chi connectivity index (χ0) is 14.7. The minimum Gasteiger partial charge on any atom is -0.480 e. The van der Waals surface area contributed by atoms with Gasteiger partial charge in [0.25, 0.3) is 0 Å². The van der Waals surface area contributed by atoms with Gasteiger partial charge in [-0.3, -0.25) is 15.1 Å². The number of pyridine rings is 1. The molecule has 0 radical (unpaired) electrons. The van der Waals surface area contributed by atoms with Crippen molar-refractivity contribution in [1.82, 2.24) is 10.3 Å². The average molecular weight is 282 g/mol. The second-order valence-electron chi connectivity index (χ2n) is 5.44. The lowest BCUT2D eigenvalue weighted by Crippen LogP contribution is -2.41. The van der Waals surface area contributed by atoms with Crippen LogP contribution in [0.1, 0.15) is 30.0 Å². The summed E-state index contributed by atoms with van der Waals surface area (Å²) in [6.45, 7) is 0. The van der Waals surface area contributed by atoms with E-state index in [0.717, 1.165) is 24.0 Å². The smallest absolute Gasteiger partial charge is 0.321 e. The molecule has 1 fully saturated rings. The van der Waals surface area contributed by atoms with Crippen LogP contribution in [0.25, 0.3) is 0 Å². The molecule has 0 amide bonds. The molecule has 0 spiro atoms. The van der Waals surface area contributed by atoms with Crippen LogP contribution in [0.2, 0.25) is 0 Å². The van der Waals surface area contributed by atoms with Crippen molar-refractivity contribution in [3.05, 3.63) is 66.0 Å². The Kier molecular flexibility index (Phi) is 3.97. The van der Waals surface area contributed by atoms with Crippen LogP contribution in [-0.2, 0) is 4.79 Å². The van der Waals surface area contributed by atoms with E-state index in [1.165, 1.54) is 0 Å². The van der Waals surface area contributed by atoms with Crippen LogP contribution in [0.3, 0.4) is 0 Å². The van der Waals surface area contributed by atoms with E-state index in [9.17, 15) is 9.90 Å². The maximum Gasteiger partial charge on any atom is 0.321 e. The largest absolute Gasteiger partial charge is 0.480 e. The maximum atomic E-state index is 11.5. The summed E-state index contributed by atoms with van der Waals surface area (Å²) >= 11 is 0. The molecule has 2 N–H and O–H groups in total. The Balaban J connectivity index is 1.91. The van der Waals surface area contributed by atoms with Crippen LogP contribution >= 0.6 is 0 Å². The topological polar surface area (TPSA) is 62.2 Å². The molecular weight excluding hydrogens is 264 g/mol. The first-order valence-electron chi connectivity index (χ1n) is 7.19. The number of benzene rings is 1. The predicted molar refractivity (Wildman–Crippen MR) is 79.8 cm³/mol. The van der Waals surface area contributed by atoms with Gasteiger partial charge in [-0.25, -0.2) is 0 Å². The highest BCUT2D eigenvalue weighted by atomic mass is 16.4. The van der Waals surface area contributed by atoms with Crippen molar-refractivity contribution in [3.8, 4) is 0 Å². The van der Waals surface area contributed by atoms with E-state index >= 15 is 0 Å². The van der Waals surface area contributed by atoms with Gasteiger partial charge < -0.3 is 5.11 Å². The van der Waals surface area contributed by atoms with Crippen LogP contribution in [0.4, 0.5) is 0 Å². The van der Waals surface area contributed by atoms with Gasteiger partial charge in [0, 0.05) is 12.4 Å². The number of carbonyl (C=O) groups is 1. The van der Waals surface area contributed by atoms with Gasteiger partial charge in [-0.2, -0.15) is 0 Å². The van der Waals surface area contributed by atoms with Crippen molar-refractivity contribution in [3.63, 3.8) is 0 Å². The fourth-order valence-corrected chi connectivity index (χ4v) is 2.60. The molecule has 1 aliphatic rings. The summed E-state index contributed by atoms with van der Waals surface area (Å²) in [5.74, 6) is -0.525. The Bertz CT molecular complexity index is 557. The number of rotatable bonds is 6. The minimum atomic E-state index is -0.771. The number of hydrogen-bond acceptors (Lipinski definition) is 3. The van der Waals surface area contributed by atoms with Gasteiger partial charge in [0.1, 0.15) is 6.04 Å². The number of hydrogen-bond donors (Lipinski definition) is 2. The predicted octanol–water partition coefficient (Wildman–Crippen LogP) is 2.62. The van der Waals surface area contributed by atoms with Crippen molar-refractivity contribution < 1.29 is 9.90 Å². The molecule has 21 heavy (non-hydrogen) atoms. The minimum absolute atomic E-state index is 0.129. The van der Waals surface area contributed by atoms with Gasteiger partial charge in [-0.15, -0.1) is 0 Å². The summed E-state index contributed by atoms with van der Waals surface area (Å²) in [6.07, 6.45) is 5.45. The lowest BCUT2D eigenvalue weighted by molar-refractivity contribution is -0.140. The molecule has 0 saturated heterocycles. The Morgan fingerprint density at radius 2 is 1.71 bits per heavy atom. The van der Waals surface area contributed by atoms with E-state index in [0.29, 0.717) is 0 Å². The number of aromatic nitrogens is 1. The van der Waals surface area contributed by atoms with Crippen LogP contribution in [0, 0.1) is 5.92 Å². The Morgan fingerprint density at radius 1 is 1.10 bits per heavy atom. The molecule has 1 saturated carbocycles. The normalized spacial score (nSPS) is 17.1. The van der Waals surface area contributed by atoms with Crippen molar-refractivity contribution in [2.24, 2.45) is 5.92 Å². The number of nitrogens with one attached hydrogen (secondary N) is 1. The second kappa shape index (κ2) is 6.06. The van der Waals surface area contributed by atoms with Crippen LogP contribution < -0.4 is 5.32 Å². The molecule has 0 bridgehead atoms. The maximum absolute atomic E-state index is 11.5. The van der Waals surface area contributed by atoms with E-state index < -0.39 is 12.0 Å². The molecule has 4 nitrogen and oxygen atoms in total. The molecule has 1 aromatic heterocycles. The van der Waals surface area contributed by atoms with Crippen molar-refractivity contribution >= 4 is 5.97 Å². The van der Waals surface area contributed by atoms with Crippen LogP contribution in [0.5, 0.6) is 0 Å². The molecule has 108 valence electrons. The Labute approximate surface area is 123 Å². The van der Waals surface area contributed by atoms with Crippen LogP contribution in [-0.4, -0.2) is 22.1 Å². The zero-order valence-electron chi connectivity index (χ0n) is 11.6. The standard InChI is InChI=1S/C17H18N2O2/c20-17(21)16(13-6-7-13)19-15(12-4-2-1-3-5-12)14-8-10-18-11-9-14/h1-5,8-11,13,15-16,19H,6-7H2,(H,20,21). The van der Waals surface area contributed by atoms with Gasteiger partial charge >= 0.3 is 5.97 Å². The lowest BCUT2D eigenvalue weighted by atomic mass is 9.98. The lowest BCUT2D eigenvalue weighted by Gasteiger charge is -2.24. The van der Waals surface area contributed by atoms with Crippen molar-refractivity contribution in [2.45, 2.75) is 24.9 Å². The van der Waals surface area contributed by atoms with E-state index in [1.54, 1.807) is 12.4 Å². The summed E-state index contributed by atoms with van der Waals surface area (Å²) in [5.41, 5.74) is 2.10. The highest BCUT2D eigenvalue weighted by molar-refractivity contribution is 5.74. The summed E-state index contributed by atoms with van der Waals surface area (Å²) in [7, 11) is 0. The van der Waals surface area contributed by atoms with Gasteiger partial charge in [0.2, 0.25) is 0 Å². The molecule has 0 aliphatic heterocycles. The van der Waals surface area contributed by atoms with Crippen molar-refractivity contribution in [2.75, 3.05) is 0 Å². The third-order valence-corrected chi connectivity index (χ3v) is 3.88. The fourth-order valence-electron chi connectivity index (χ4n) is 2.60. The second-order valence-corrected chi connectivity index (χ2v) is 5.44. The molecule has 1 heterocycles. The van der Waals surface area contributed by atoms with Gasteiger partial charge in [-0.05, 0) is 42.0 Å². The van der Waals surface area contributed by atoms with E-state index in [1.807, 2.05) is 42.5 Å². The van der Waals surface area contributed by atoms with Crippen molar-refractivity contribution in [1.29, 1.82) is 0 Å². The summed E-state index contributed by atoms with van der Waals surface area (Å²) in [4.78, 5) is 15.5. The average Bonchev–Trinajstić information content (AvgIpc) is 3.34. The first-order chi connectivity index (χ1) is 10.3. The number of carboxylic acid groups (broad SMARTS) is 1. The Hall–Kier alpha value is -2.20. The Morgan fingerprint density at radius 3 is 2.29 bits per heavy atom. The third-order valence-electron chi connectivity index (χ3n) is 3.88. The van der Waals surface area contributed by atoms with E-state index in [4.69, 9.17) is 0 Å². The molecule has 2 atom stereocenters. The molecule has 1 aromatic carbocycles. The van der Waals surface area contributed by atoms with Gasteiger partial charge in [0.05, 0.1) is 6.04 Å². The van der Waals surface area contributed by atoms with Crippen LogP contribution in [0.15, 0.2) is 54.9 Å². The van der Waals surface area contributed by atoms with E-state index in [2.05, 4.69) is 10.3 Å². The highest BCUT2D eigenvalue weighted by Crippen LogP contribution is 2.35. The highest BCUT2D eigenvalue weighted by Gasteiger charge is 2.37. The number of nitrogens with zero attached hydrogens (tertiary/aromatic N) is 1. The van der Waals surface area contributed by atoms with Gasteiger partial charge in [-0.1, -0.05) is 30.3 Å². The molecular formula is C17H18N2O2. The molecule has 1 aliphatic carbocycles. The summed E-state index contributed by atoms with van der Waals surface area (Å²) in [6, 6.07) is 13.2. The number of aliphatic carboxylic acids is 1. The first-order valence-corrected chi connectivity index (χ1v) is 7.19. The quantitative estimate of drug-likeness (QED) is 0.855. The zero-order valence-corrected chi connectivity index (χ0v) is 11.6. The third kappa shape index (κ3) is 3.28. The molecule has 4 heteroatoms. The summed E-state index contributed by atoms with van der Waals surface area (Å²) in [5, 5.41) is 12.8. The molecule has 2 unspecified atom stereocenters. The first kappa shape index (κ1) is 13.8. The summed E-state index contributed by atoms with van der Waals surface area (Å²) < 4.78 is 0. The number of carboxylic acids is 1. The fraction of sp³-hybridized carbons (Fsp3) is 0.294. The SMILES string of the molecule is O=C(O)C(NC(c1ccccc1)c1ccncc1)C1CC1. The van der Waals surface area contributed by atoms with Gasteiger partial charge in [0.15, 0.2) is 0 Å². The molecule has 3 rings (SSSR count). The molecule has 2 aromatic rings. The van der Waals surface area contributed by atoms with E-state index in [-0.39, 0.29) is 12.0 Å².